The number of carbonyl (C=O) groups excluding carboxylic acids is 2. The summed E-state index contributed by atoms with van der Waals surface area (Å²) in [7, 11) is 0. The lowest BCUT2D eigenvalue weighted by atomic mass is 9.84. The van der Waals surface area contributed by atoms with Crippen LogP contribution in [0.2, 0.25) is 5.02 Å². The number of ether oxygens (including phenoxy) is 1. The molecular weight excluding hydrogens is 593 g/mol. The predicted octanol–water partition coefficient (Wildman–Crippen LogP) is 5.16. The van der Waals surface area contributed by atoms with E-state index in [9.17, 15) is 18.4 Å². The number of carbonyl (C=O) groups is 2. The number of likely N-dealkylation sites (tertiary alicyclic amines) is 1. The van der Waals surface area contributed by atoms with Gasteiger partial charge in [0.15, 0.2) is 0 Å². The molecule has 0 aromatic heterocycles. The number of hydrogen-bond donors (Lipinski definition) is 3. The molecule has 0 unspecified atom stereocenters. The van der Waals surface area contributed by atoms with E-state index in [0.717, 1.165) is 31.0 Å². The topological polar surface area (TPSA) is 96.7 Å². The monoisotopic (exact) mass is 628 g/mol. The van der Waals surface area contributed by atoms with Gasteiger partial charge in [-0.25, -0.2) is 13.2 Å². The lowest BCUT2D eigenvalue weighted by Gasteiger charge is -2.46. The summed E-state index contributed by atoms with van der Waals surface area (Å²) in [5, 5.41) is 6.65. The first-order chi connectivity index (χ1) is 21.0. The maximum Gasteiger partial charge on any atom is 0.242 e. The van der Waals surface area contributed by atoms with Crippen LogP contribution in [0.3, 0.4) is 0 Å². The molecule has 0 bridgehead atoms. The van der Waals surface area contributed by atoms with Gasteiger partial charge < -0.3 is 26.0 Å². The van der Waals surface area contributed by atoms with E-state index >= 15 is 4.39 Å². The molecule has 3 aromatic rings. The first kappa shape index (κ1) is 32.0. The summed E-state index contributed by atoms with van der Waals surface area (Å²) in [6, 6.07) is 12.7. The fourth-order valence-corrected chi connectivity index (χ4v) is 6.34. The van der Waals surface area contributed by atoms with Crippen molar-refractivity contribution in [1.82, 2.24) is 10.2 Å². The standard InChI is InChI=1S/C33H36ClF3N4O3/c1-20(42)41-13-11-33(12-14-41)19-39-18-26(44-33)9-10-27-28(37)3-2-4-29(27)40-32(43)31(38)30(21-5-7-23(34)8-6-21)22-15-24(35)17-25(36)16-22/h2-8,15-17,26,30-31,39H,9-14,18-19,38H2,1H3,(H,40,43)/t26-,30+,31+/m1/s1. The zero-order valence-corrected chi connectivity index (χ0v) is 25.2. The number of nitrogens with two attached hydrogens (primary N) is 1. The predicted molar refractivity (Wildman–Crippen MR) is 163 cm³/mol. The highest BCUT2D eigenvalue weighted by molar-refractivity contribution is 6.30. The van der Waals surface area contributed by atoms with Crippen LogP contribution < -0.4 is 16.4 Å². The molecule has 234 valence electrons. The van der Waals surface area contributed by atoms with Gasteiger partial charge >= 0.3 is 0 Å². The Morgan fingerprint density at radius 2 is 1.75 bits per heavy atom. The molecule has 2 heterocycles. The van der Waals surface area contributed by atoms with Crippen LogP contribution in [0.25, 0.3) is 0 Å². The average molecular weight is 629 g/mol. The number of nitrogens with zero attached hydrogens (tertiary/aromatic N) is 1. The number of hydrogen-bond acceptors (Lipinski definition) is 5. The molecule has 2 fully saturated rings. The van der Waals surface area contributed by atoms with E-state index in [0.29, 0.717) is 48.7 Å². The molecule has 0 radical (unpaired) electrons. The number of halogens is 4. The molecule has 2 aliphatic rings. The van der Waals surface area contributed by atoms with E-state index in [2.05, 4.69) is 10.6 Å². The molecule has 7 nitrogen and oxygen atoms in total. The summed E-state index contributed by atoms with van der Waals surface area (Å²) in [5.41, 5.74) is 7.37. The van der Waals surface area contributed by atoms with Crippen LogP contribution in [0.5, 0.6) is 0 Å². The van der Waals surface area contributed by atoms with E-state index in [-0.39, 0.29) is 35.3 Å². The van der Waals surface area contributed by atoms with Crippen molar-refractivity contribution in [3.05, 3.63) is 99.8 Å². The number of amides is 2. The molecule has 0 aliphatic carbocycles. The summed E-state index contributed by atoms with van der Waals surface area (Å²) in [6.45, 7) is 4.13. The smallest absolute Gasteiger partial charge is 0.242 e. The van der Waals surface area contributed by atoms with E-state index in [4.69, 9.17) is 22.1 Å². The second-order valence-corrected chi connectivity index (χ2v) is 12.0. The molecule has 2 saturated heterocycles. The van der Waals surface area contributed by atoms with Gasteiger partial charge in [-0.2, -0.15) is 0 Å². The van der Waals surface area contributed by atoms with Crippen molar-refractivity contribution in [3.63, 3.8) is 0 Å². The summed E-state index contributed by atoms with van der Waals surface area (Å²) >= 11 is 6.05. The molecule has 2 aliphatic heterocycles. The van der Waals surface area contributed by atoms with Crippen LogP contribution in [0.1, 0.15) is 48.8 Å². The van der Waals surface area contributed by atoms with Crippen LogP contribution in [0.4, 0.5) is 18.9 Å². The molecule has 3 atom stereocenters. The molecular formula is C33H36ClF3N4O3. The Morgan fingerprint density at radius 1 is 1.07 bits per heavy atom. The summed E-state index contributed by atoms with van der Waals surface area (Å²) in [6.07, 6.45) is 2.04. The third-order valence-corrected chi connectivity index (χ3v) is 8.84. The van der Waals surface area contributed by atoms with Crippen molar-refractivity contribution in [2.75, 3.05) is 31.5 Å². The van der Waals surface area contributed by atoms with Gasteiger partial charge in [-0.3, -0.25) is 9.59 Å². The van der Waals surface area contributed by atoms with Gasteiger partial charge in [-0.05, 0) is 73.2 Å². The van der Waals surface area contributed by atoms with E-state index in [1.807, 2.05) is 4.90 Å². The van der Waals surface area contributed by atoms with Gasteiger partial charge in [0.1, 0.15) is 17.5 Å². The van der Waals surface area contributed by atoms with Crippen molar-refractivity contribution in [2.45, 2.75) is 56.3 Å². The maximum atomic E-state index is 15.2. The molecule has 5 rings (SSSR count). The quantitative estimate of drug-likeness (QED) is 0.320. The minimum absolute atomic E-state index is 0.0524. The largest absolute Gasteiger partial charge is 0.369 e. The zero-order chi connectivity index (χ0) is 31.4. The molecule has 2 amide bonds. The highest BCUT2D eigenvalue weighted by Gasteiger charge is 2.40. The van der Waals surface area contributed by atoms with E-state index < -0.39 is 35.3 Å². The van der Waals surface area contributed by atoms with Crippen molar-refractivity contribution in [1.29, 1.82) is 0 Å². The molecule has 3 aromatic carbocycles. The molecule has 44 heavy (non-hydrogen) atoms. The normalized spacial score (nSPS) is 19.4. The Hall–Kier alpha value is -3.44. The molecule has 4 N–H and O–H groups in total. The zero-order valence-electron chi connectivity index (χ0n) is 24.4. The van der Waals surface area contributed by atoms with Crippen molar-refractivity contribution in [3.8, 4) is 0 Å². The number of nitrogens with one attached hydrogen (secondary N) is 2. The molecule has 0 saturated carbocycles. The SMILES string of the molecule is CC(=O)N1CCC2(CC1)CNC[C@@H](CCc1c(F)cccc1NC(=O)[C@@H](N)[C@@H](c1ccc(Cl)cc1)c1cc(F)cc(F)c1)O2. The number of anilines is 1. The van der Waals surface area contributed by atoms with E-state index in [1.54, 1.807) is 37.3 Å². The van der Waals surface area contributed by atoms with E-state index in [1.165, 1.54) is 12.1 Å². The lowest BCUT2D eigenvalue weighted by molar-refractivity contribution is -0.153. The second kappa shape index (κ2) is 13.7. The van der Waals surface area contributed by atoms with Gasteiger partial charge in [0.05, 0.1) is 17.7 Å². The molecule has 11 heteroatoms. The average Bonchev–Trinajstić information content (AvgIpc) is 2.98. The minimum atomic E-state index is -1.28. The fourth-order valence-electron chi connectivity index (χ4n) is 6.22. The third kappa shape index (κ3) is 7.43. The number of morpholine rings is 1. The highest BCUT2D eigenvalue weighted by atomic mass is 35.5. The van der Waals surface area contributed by atoms with Crippen LogP contribution in [-0.4, -0.2) is 60.6 Å². The molecule has 1 spiro atoms. The first-order valence-corrected chi connectivity index (χ1v) is 15.1. The lowest BCUT2D eigenvalue weighted by Crippen LogP contribution is -2.58. The highest BCUT2D eigenvalue weighted by Crippen LogP contribution is 2.33. The van der Waals surface area contributed by atoms with Crippen LogP contribution in [0.15, 0.2) is 60.7 Å². The van der Waals surface area contributed by atoms with Crippen LogP contribution in [0, 0.1) is 17.5 Å². The van der Waals surface area contributed by atoms with Gasteiger partial charge in [0, 0.05) is 61.4 Å². The van der Waals surface area contributed by atoms with Gasteiger partial charge in [-0.15, -0.1) is 0 Å². The van der Waals surface area contributed by atoms with Crippen LogP contribution in [-0.2, 0) is 20.7 Å². The number of rotatable bonds is 8. The third-order valence-electron chi connectivity index (χ3n) is 8.58. The maximum absolute atomic E-state index is 15.2. The summed E-state index contributed by atoms with van der Waals surface area (Å²) < 4.78 is 50.1. The van der Waals surface area contributed by atoms with Crippen molar-refractivity contribution >= 4 is 29.1 Å². The Bertz CT molecular complexity index is 1480. The van der Waals surface area contributed by atoms with Crippen LogP contribution >= 0.6 is 11.6 Å². The fraction of sp³-hybridized carbons (Fsp3) is 0.394. The summed E-state index contributed by atoms with van der Waals surface area (Å²) in [5.74, 6) is -3.59. The number of benzene rings is 3. The Morgan fingerprint density at radius 3 is 2.41 bits per heavy atom. The first-order valence-electron chi connectivity index (χ1n) is 14.7. The Kier molecular flexibility index (Phi) is 9.94. The minimum Gasteiger partial charge on any atom is -0.369 e. The number of piperidine rings is 1. The van der Waals surface area contributed by atoms with Gasteiger partial charge in [-0.1, -0.05) is 29.8 Å². The second-order valence-electron chi connectivity index (χ2n) is 11.6. The van der Waals surface area contributed by atoms with Crippen molar-refractivity contribution in [2.24, 2.45) is 5.73 Å². The van der Waals surface area contributed by atoms with Crippen molar-refractivity contribution < 1.29 is 27.5 Å². The van der Waals surface area contributed by atoms with Gasteiger partial charge in [0.25, 0.3) is 0 Å². The summed E-state index contributed by atoms with van der Waals surface area (Å²) in [4.78, 5) is 27.1. The Labute approximate surface area is 259 Å². The Balaban J connectivity index is 1.31. The van der Waals surface area contributed by atoms with Gasteiger partial charge in [0.2, 0.25) is 11.8 Å².